The van der Waals surface area contributed by atoms with E-state index in [-0.39, 0.29) is 0 Å². The van der Waals surface area contributed by atoms with Crippen LogP contribution in [0.2, 0.25) is 5.02 Å². The van der Waals surface area contributed by atoms with Crippen molar-refractivity contribution in [3.8, 4) is 5.75 Å². The number of methoxy groups -OCH3 is 1. The largest absolute Gasteiger partial charge is 0.495 e. The number of ether oxygens (including phenoxy) is 1. The fourth-order valence-electron chi connectivity index (χ4n) is 0.741. The summed E-state index contributed by atoms with van der Waals surface area (Å²) in [6.07, 6.45) is 0. The average Bonchev–Trinajstić information content (AvgIpc) is 2.05. The first-order chi connectivity index (χ1) is 5.29. The van der Waals surface area contributed by atoms with E-state index in [1.54, 1.807) is 25.3 Å². The van der Waals surface area contributed by atoms with Gasteiger partial charge in [-0.25, -0.2) is 0 Å². The molecule has 0 bridgehead atoms. The van der Waals surface area contributed by atoms with Crippen LogP contribution in [0.1, 0.15) is 0 Å². The van der Waals surface area contributed by atoms with Crippen molar-refractivity contribution in [1.82, 2.24) is 0 Å². The summed E-state index contributed by atoms with van der Waals surface area (Å²) in [4.78, 5) is 2.43. The lowest BCUT2D eigenvalue weighted by molar-refractivity contribution is 0.415. The highest BCUT2D eigenvalue weighted by Gasteiger charge is 2.03. The number of hydrogen-bond acceptors (Lipinski definition) is 2. The van der Waals surface area contributed by atoms with Gasteiger partial charge in [0.15, 0.2) is 0 Å². The van der Waals surface area contributed by atoms with Crippen LogP contribution in [0, 0.1) is 0 Å². The molecular formula is C7H7Cl2NO. The minimum atomic E-state index is 0.491. The third kappa shape index (κ3) is 1.70. The van der Waals surface area contributed by atoms with Gasteiger partial charge in [-0.3, -0.25) is 4.84 Å². The van der Waals surface area contributed by atoms with Gasteiger partial charge < -0.3 is 4.74 Å². The van der Waals surface area contributed by atoms with Gasteiger partial charge in [0.1, 0.15) is 10.8 Å². The first kappa shape index (κ1) is 8.50. The monoisotopic (exact) mass is 191 g/mol. The summed E-state index contributed by atoms with van der Waals surface area (Å²) in [5.41, 5.74) is 0.646. The SMILES string of the molecule is COc1cccc(NCl)c1Cl. The Kier molecular flexibility index (Phi) is 2.85. The number of halogens is 2. The van der Waals surface area contributed by atoms with Gasteiger partial charge in [0, 0.05) is 11.8 Å². The standard InChI is InChI=1S/C7H7Cl2NO/c1-11-6-4-2-3-5(10-9)7(6)8/h2-4,10H,1H3. The van der Waals surface area contributed by atoms with Crippen molar-refractivity contribution in [2.75, 3.05) is 11.9 Å². The number of nitrogens with one attached hydrogen (secondary N) is 1. The quantitative estimate of drug-likeness (QED) is 0.727. The molecule has 0 aliphatic rings. The van der Waals surface area contributed by atoms with E-state index in [2.05, 4.69) is 4.84 Å². The molecule has 1 rings (SSSR count). The highest BCUT2D eigenvalue weighted by atomic mass is 35.5. The molecule has 11 heavy (non-hydrogen) atoms. The zero-order valence-electron chi connectivity index (χ0n) is 5.90. The second-order valence-electron chi connectivity index (χ2n) is 1.92. The summed E-state index contributed by atoms with van der Waals surface area (Å²) in [6.45, 7) is 0. The van der Waals surface area contributed by atoms with E-state index in [0.29, 0.717) is 16.5 Å². The zero-order chi connectivity index (χ0) is 8.27. The predicted molar refractivity (Wildman–Crippen MR) is 47.5 cm³/mol. The van der Waals surface area contributed by atoms with Crippen molar-refractivity contribution in [3.05, 3.63) is 23.2 Å². The summed E-state index contributed by atoms with van der Waals surface area (Å²) in [5, 5.41) is 0.491. The minimum absolute atomic E-state index is 0.491. The summed E-state index contributed by atoms with van der Waals surface area (Å²) in [7, 11) is 1.55. The predicted octanol–water partition coefficient (Wildman–Crippen LogP) is 2.91. The van der Waals surface area contributed by atoms with Crippen LogP contribution in [0.3, 0.4) is 0 Å². The highest BCUT2D eigenvalue weighted by Crippen LogP contribution is 2.31. The number of anilines is 1. The Labute approximate surface area is 75.2 Å². The van der Waals surface area contributed by atoms with Gasteiger partial charge in [-0.15, -0.1) is 0 Å². The third-order valence-electron chi connectivity index (χ3n) is 1.29. The van der Waals surface area contributed by atoms with Crippen LogP contribution in [0.5, 0.6) is 5.75 Å². The first-order valence-corrected chi connectivity index (χ1v) is 3.74. The van der Waals surface area contributed by atoms with Crippen LogP contribution in [0.4, 0.5) is 5.69 Å². The maximum absolute atomic E-state index is 5.84. The Hall–Kier alpha value is -0.600. The van der Waals surface area contributed by atoms with Crippen LogP contribution in [-0.4, -0.2) is 7.11 Å². The molecule has 0 aliphatic heterocycles. The summed E-state index contributed by atoms with van der Waals surface area (Å²) >= 11 is 11.2. The lowest BCUT2D eigenvalue weighted by Crippen LogP contribution is -1.87. The van der Waals surface area contributed by atoms with Crippen molar-refractivity contribution in [2.24, 2.45) is 0 Å². The normalized spacial score (nSPS) is 9.36. The molecule has 1 aromatic rings. The molecule has 1 aromatic carbocycles. The van der Waals surface area contributed by atoms with E-state index < -0.39 is 0 Å². The maximum Gasteiger partial charge on any atom is 0.139 e. The van der Waals surface area contributed by atoms with Crippen LogP contribution in [-0.2, 0) is 0 Å². The molecule has 0 aliphatic carbocycles. The lowest BCUT2D eigenvalue weighted by atomic mass is 10.3. The summed E-state index contributed by atoms with van der Waals surface area (Å²) in [6, 6.07) is 5.33. The van der Waals surface area contributed by atoms with Crippen molar-refractivity contribution in [3.63, 3.8) is 0 Å². The molecule has 0 spiro atoms. The molecule has 0 fully saturated rings. The number of benzene rings is 1. The molecule has 0 saturated heterocycles. The van der Waals surface area contributed by atoms with E-state index in [1.165, 1.54) is 0 Å². The van der Waals surface area contributed by atoms with Gasteiger partial charge in [-0.2, -0.15) is 0 Å². The van der Waals surface area contributed by atoms with E-state index >= 15 is 0 Å². The van der Waals surface area contributed by atoms with Crippen LogP contribution < -0.4 is 9.57 Å². The van der Waals surface area contributed by atoms with Gasteiger partial charge in [0.05, 0.1) is 12.8 Å². The molecule has 1 N–H and O–H groups in total. The lowest BCUT2D eigenvalue weighted by Gasteiger charge is -2.05. The van der Waals surface area contributed by atoms with Crippen LogP contribution in [0.15, 0.2) is 18.2 Å². The molecule has 60 valence electrons. The van der Waals surface area contributed by atoms with E-state index in [1.807, 2.05) is 0 Å². The van der Waals surface area contributed by atoms with Gasteiger partial charge in [0.2, 0.25) is 0 Å². The molecule has 0 amide bonds. The number of hydrogen-bond donors (Lipinski definition) is 1. The molecule has 2 nitrogen and oxygen atoms in total. The fraction of sp³-hybridized carbons (Fsp3) is 0.143. The van der Waals surface area contributed by atoms with Crippen LogP contribution >= 0.6 is 23.4 Å². The van der Waals surface area contributed by atoms with Gasteiger partial charge >= 0.3 is 0 Å². The second kappa shape index (κ2) is 3.69. The van der Waals surface area contributed by atoms with Crippen molar-refractivity contribution < 1.29 is 4.74 Å². The topological polar surface area (TPSA) is 21.3 Å². The minimum Gasteiger partial charge on any atom is -0.495 e. The number of rotatable bonds is 2. The Morgan fingerprint density at radius 2 is 2.18 bits per heavy atom. The van der Waals surface area contributed by atoms with Crippen LogP contribution in [0.25, 0.3) is 0 Å². The van der Waals surface area contributed by atoms with Crippen molar-refractivity contribution >= 4 is 29.1 Å². The highest BCUT2D eigenvalue weighted by molar-refractivity contribution is 6.36. The Morgan fingerprint density at radius 3 is 2.73 bits per heavy atom. The van der Waals surface area contributed by atoms with Gasteiger partial charge in [-0.1, -0.05) is 17.7 Å². The maximum atomic E-state index is 5.84. The van der Waals surface area contributed by atoms with Crippen molar-refractivity contribution in [2.45, 2.75) is 0 Å². The second-order valence-corrected chi connectivity index (χ2v) is 2.48. The molecular weight excluding hydrogens is 185 g/mol. The Morgan fingerprint density at radius 1 is 1.45 bits per heavy atom. The fourth-order valence-corrected chi connectivity index (χ4v) is 1.20. The summed E-state index contributed by atoms with van der Waals surface area (Å²) < 4.78 is 4.96. The van der Waals surface area contributed by atoms with E-state index in [0.717, 1.165) is 0 Å². The van der Waals surface area contributed by atoms with Crippen molar-refractivity contribution in [1.29, 1.82) is 0 Å². The Bertz CT molecular complexity index is 230. The third-order valence-corrected chi connectivity index (χ3v) is 1.88. The molecule has 0 atom stereocenters. The molecule has 4 heteroatoms. The molecule has 0 saturated carbocycles. The zero-order valence-corrected chi connectivity index (χ0v) is 7.41. The molecule has 0 aromatic heterocycles. The smallest absolute Gasteiger partial charge is 0.139 e. The molecule has 0 unspecified atom stereocenters. The van der Waals surface area contributed by atoms with E-state index in [9.17, 15) is 0 Å². The van der Waals surface area contributed by atoms with Gasteiger partial charge in [-0.05, 0) is 12.1 Å². The molecule has 0 radical (unpaired) electrons. The average molecular weight is 192 g/mol. The molecule has 0 heterocycles. The van der Waals surface area contributed by atoms with Gasteiger partial charge in [0.25, 0.3) is 0 Å². The first-order valence-electron chi connectivity index (χ1n) is 2.98. The van der Waals surface area contributed by atoms with E-state index in [4.69, 9.17) is 28.1 Å². The summed E-state index contributed by atoms with van der Waals surface area (Å²) in [5.74, 6) is 0.609. The Balaban J connectivity index is 3.10.